The molecule has 0 saturated carbocycles. The summed E-state index contributed by atoms with van der Waals surface area (Å²) in [5.74, 6) is 0.230. The molecule has 0 radical (unpaired) electrons. The van der Waals surface area contributed by atoms with Crippen molar-refractivity contribution in [3.05, 3.63) is 54.4 Å². The number of carbonyl (C=O) groups is 2. The van der Waals surface area contributed by atoms with E-state index in [4.69, 9.17) is 10.5 Å². The third-order valence-corrected chi connectivity index (χ3v) is 6.83. The predicted molar refractivity (Wildman–Crippen MR) is 140 cm³/mol. The molecule has 4 heterocycles. The van der Waals surface area contributed by atoms with E-state index in [1.54, 1.807) is 6.92 Å². The van der Waals surface area contributed by atoms with E-state index in [2.05, 4.69) is 27.9 Å². The van der Waals surface area contributed by atoms with Crippen LogP contribution in [0.1, 0.15) is 31.7 Å². The van der Waals surface area contributed by atoms with Crippen molar-refractivity contribution in [1.82, 2.24) is 19.4 Å². The first-order valence-electron chi connectivity index (χ1n) is 12.1. The normalized spacial score (nSPS) is 17.8. The number of carbonyl (C=O) groups excluding carboxylic acids is 2. The van der Waals surface area contributed by atoms with Crippen molar-refractivity contribution in [1.29, 1.82) is 0 Å². The van der Waals surface area contributed by atoms with E-state index in [-0.39, 0.29) is 18.4 Å². The van der Waals surface area contributed by atoms with Crippen molar-refractivity contribution >= 4 is 39.9 Å². The number of anilines is 2. The van der Waals surface area contributed by atoms with Gasteiger partial charge in [-0.15, -0.1) is 0 Å². The van der Waals surface area contributed by atoms with Gasteiger partial charge < -0.3 is 25.3 Å². The molecule has 3 aromatic rings. The van der Waals surface area contributed by atoms with E-state index < -0.39 is 6.10 Å². The van der Waals surface area contributed by atoms with Crippen LogP contribution in [0, 0.1) is 0 Å². The summed E-state index contributed by atoms with van der Waals surface area (Å²) in [4.78, 5) is 35.5. The zero-order chi connectivity index (χ0) is 25.4. The van der Waals surface area contributed by atoms with Crippen molar-refractivity contribution in [2.24, 2.45) is 7.05 Å². The highest BCUT2D eigenvalue weighted by Gasteiger charge is 2.31. The van der Waals surface area contributed by atoms with Gasteiger partial charge in [0.15, 0.2) is 0 Å². The fraction of sp³-hybridized carbons (Fsp3) is 0.333. The van der Waals surface area contributed by atoms with Gasteiger partial charge in [-0.1, -0.05) is 24.8 Å². The molecule has 2 aromatic heterocycles. The Kier molecular flexibility index (Phi) is 6.32. The van der Waals surface area contributed by atoms with Crippen LogP contribution in [0.3, 0.4) is 0 Å². The number of aryl methyl sites for hydroxylation is 1. The monoisotopic (exact) mass is 486 g/mol. The number of fused-ring (bicyclic) bond motifs is 1. The first-order valence-corrected chi connectivity index (χ1v) is 12.1. The van der Waals surface area contributed by atoms with Crippen LogP contribution in [0.2, 0.25) is 0 Å². The zero-order valence-corrected chi connectivity index (χ0v) is 20.6. The number of aromatic nitrogens is 3. The van der Waals surface area contributed by atoms with Crippen LogP contribution in [-0.4, -0.2) is 57.0 Å². The minimum atomic E-state index is -0.463. The van der Waals surface area contributed by atoms with E-state index in [0.717, 1.165) is 53.7 Å². The molecule has 1 aromatic carbocycles. The van der Waals surface area contributed by atoms with Gasteiger partial charge in [0.05, 0.1) is 17.7 Å². The van der Waals surface area contributed by atoms with E-state index >= 15 is 0 Å². The molecule has 1 saturated heterocycles. The van der Waals surface area contributed by atoms with Gasteiger partial charge in [-0.2, -0.15) is 0 Å². The van der Waals surface area contributed by atoms with Crippen molar-refractivity contribution in [3.63, 3.8) is 0 Å². The van der Waals surface area contributed by atoms with Crippen LogP contribution in [0.25, 0.3) is 27.9 Å². The third-order valence-electron chi connectivity index (χ3n) is 6.83. The molecule has 0 aliphatic carbocycles. The molecule has 2 aliphatic heterocycles. The number of benzene rings is 1. The lowest BCUT2D eigenvalue weighted by Gasteiger charge is -2.26. The first-order chi connectivity index (χ1) is 17.3. The van der Waals surface area contributed by atoms with Crippen LogP contribution in [0.15, 0.2) is 48.8 Å². The quantitative estimate of drug-likeness (QED) is 0.533. The summed E-state index contributed by atoms with van der Waals surface area (Å²) in [5.41, 5.74) is 11.8. The molecule has 9 heteroatoms. The summed E-state index contributed by atoms with van der Waals surface area (Å²) in [6.45, 7) is 7.25. The Balaban J connectivity index is 1.53. The van der Waals surface area contributed by atoms with Gasteiger partial charge >= 0.3 is 0 Å². The summed E-state index contributed by atoms with van der Waals surface area (Å²) in [6, 6.07) is 7.59. The predicted octanol–water partition coefficient (Wildman–Crippen LogP) is 3.53. The third kappa shape index (κ3) is 4.26. The number of nitrogens with two attached hydrogens (primary N) is 1. The minimum absolute atomic E-state index is 0.0659. The van der Waals surface area contributed by atoms with Crippen LogP contribution in [-0.2, 0) is 21.4 Å². The van der Waals surface area contributed by atoms with Crippen LogP contribution < -0.4 is 11.1 Å². The molecule has 2 amide bonds. The van der Waals surface area contributed by atoms with Crippen LogP contribution >= 0.6 is 0 Å². The molecule has 3 N–H and O–H groups in total. The van der Waals surface area contributed by atoms with E-state index in [1.165, 1.54) is 6.33 Å². The maximum Gasteiger partial charge on any atom is 0.252 e. The maximum atomic E-state index is 12.8. The van der Waals surface area contributed by atoms with Gasteiger partial charge in [0.2, 0.25) is 0 Å². The molecule has 9 nitrogen and oxygen atoms in total. The standard InChI is InChI=1S/C27H30N6O3/c1-16(2)26(34)31-19-9-6-17(7-10-19)23-21(22-24(28)29-15-30-25(22)32(23)3)18-8-11-20(36-14-18)27(35)33-12-4-5-13-33/h6-10,15,20H,1,4-5,11-14H2,2-3H3,(H,31,34)(H2,28,29,30)/t20-/m1/s1. The number of hydrogen-bond acceptors (Lipinski definition) is 6. The average molecular weight is 487 g/mol. The smallest absolute Gasteiger partial charge is 0.252 e. The number of ether oxygens (including phenoxy) is 1. The van der Waals surface area contributed by atoms with Gasteiger partial charge in [-0.25, -0.2) is 9.97 Å². The summed E-state index contributed by atoms with van der Waals surface area (Å²) in [6.07, 6.45) is 5.67. The summed E-state index contributed by atoms with van der Waals surface area (Å²) >= 11 is 0. The number of hydrogen-bond donors (Lipinski definition) is 2. The Morgan fingerprint density at radius 2 is 1.89 bits per heavy atom. The molecule has 186 valence electrons. The molecular weight excluding hydrogens is 456 g/mol. The molecule has 0 unspecified atom stereocenters. The van der Waals surface area contributed by atoms with Crippen molar-refractivity contribution < 1.29 is 14.3 Å². The second-order valence-corrected chi connectivity index (χ2v) is 9.35. The van der Waals surface area contributed by atoms with Gasteiger partial charge in [-0.3, -0.25) is 9.59 Å². The number of nitrogens with one attached hydrogen (secondary N) is 1. The highest BCUT2D eigenvalue weighted by atomic mass is 16.5. The van der Waals surface area contributed by atoms with Crippen molar-refractivity contribution in [3.8, 4) is 11.3 Å². The molecule has 1 atom stereocenters. The number of amides is 2. The largest absolute Gasteiger partial charge is 0.383 e. The number of rotatable bonds is 5. The van der Waals surface area contributed by atoms with Gasteiger partial charge in [0.25, 0.3) is 11.8 Å². The van der Waals surface area contributed by atoms with E-state index in [0.29, 0.717) is 29.1 Å². The van der Waals surface area contributed by atoms with Crippen molar-refractivity contribution in [2.75, 3.05) is 30.7 Å². The van der Waals surface area contributed by atoms with Crippen LogP contribution in [0.5, 0.6) is 0 Å². The number of nitrogen functional groups attached to an aromatic ring is 1. The maximum absolute atomic E-state index is 12.8. The molecular formula is C27H30N6O3. The van der Waals surface area contributed by atoms with Gasteiger partial charge in [-0.05, 0) is 43.0 Å². The van der Waals surface area contributed by atoms with Crippen LogP contribution in [0.4, 0.5) is 11.5 Å². The second kappa shape index (κ2) is 9.58. The topological polar surface area (TPSA) is 115 Å². The van der Waals surface area contributed by atoms with E-state index in [1.807, 2.05) is 40.8 Å². The summed E-state index contributed by atoms with van der Waals surface area (Å²) < 4.78 is 8.08. The fourth-order valence-electron chi connectivity index (χ4n) is 4.93. The highest BCUT2D eigenvalue weighted by molar-refractivity contribution is 6.05. The lowest BCUT2D eigenvalue weighted by atomic mass is 9.96. The summed E-state index contributed by atoms with van der Waals surface area (Å²) in [5, 5.41) is 3.59. The van der Waals surface area contributed by atoms with Gasteiger partial charge in [0.1, 0.15) is 23.9 Å². The molecule has 1 fully saturated rings. The second-order valence-electron chi connectivity index (χ2n) is 9.35. The molecule has 5 rings (SSSR count). The Labute approximate surface area is 209 Å². The molecule has 0 bridgehead atoms. The Morgan fingerprint density at radius 3 is 2.53 bits per heavy atom. The molecule has 0 spiro atoms. The van der Waals surface area contributed by atoms with Crippen molar-refractivity contribution in [2.45, 2.75) is 32.3 Å². The number of likely N-dealkylation sites (tertiary alicyclic amines) is 1. The lowest BCUT2D eigenvalue weighted by molar-refractivity contribution is -0.141. The Morgan fingerprint density at radius 1 is 1.17 bits per heavy atom. The SMILES string of the molecule is C=C(C)C(=O)Nc1ccc(-c2c(C3=CC[C@H](C(=O)N4CCCC4)OC3)c3c(N)ncnc3n2C)cc1. The summed E-state index contributed by atoms with van der Waals surface area (Å²) in [7, 11) is 1.94. The van der Waals surface area contributed by atoms with E-state index in [9.17, 15) is 9.59 Å². The van der Waals surface area contributed by atoms with Gasteiger partial charge in [0, 0.05) is 43.4 Å². The number of nitrogens with zero attached hydrogens (tertiary/aromatic N) is 4. The zero-order valence-electron chi connectivity index (χ0n) is 20.6. The molecule has 2 aliphatic rings. The highest BCUT2D eigenvalue weighted by Crippen LogP contribution is 2.40. The fourth-order valence-corrected chi connectivity index (χ4v) is 4.93. The Hall–Kier alpha value is -3.98. The lowest BCUT2D eigenvalue weighted by Crippen LogP contribution is -2.39. The first kappa shape index (κ1) is 23.7. The minimum Gasteiger partial charge on any atom is -0.383 e. The average Bonchev–Trinajstić information content (AvgIpc) is 3.52. The molecule has 36 heavy (non-hydrogen) atoms. The Bertz CT molecular complexity index is 1380.